The van der Waals surface area contributed by atoms with E-state index in [0.29, 0.717) is 23.0 Å². The molecule has 2 unspecified atom stereocenters. The highest BCUT2D eigenvalue weighted by Crippen LogP contribution is 2.40. The maximum atomic E-state index is 13.4. The fourth-order valence-electron chi connectivity index (χ4n) is 4.25. The summed E-state index contributed by atoms with van der Waals surface area (Å²) in [7, 11) is 0. The van der Waals surface area contributed by atoms with Crippen LogP contribution in [0.5, 0.6) is 0 Å². The summed E-state index contributed by atoms with van der Waals surface area (Å²) in [6.45, 7) is 1.47. The maximum absolute atomic E-state index is 13.4. The minimum Gasteiger partial charge on any atom is -0.346 e. The highest BCUT2D eigenvalue weighted by atomic mass is 19.1. The summed E-state index contributed by atoms with van der Waals surface area (Å²) in [5.74, 6) is -4.35. The number of rotatable bonds is 6. The third kappa shape index (κ3) is 4.58. The Morgan fingerprint density at radius 1 is 1.00 bits per heavy atom. The van der Waals surface area contributed by atoms with Gasteiger partial charge in [-0.2, -0.15) is 0 Å². The molecular formula is C26H23F2N3O3. The molecular weight excluding hydrogens is 440 g/mol. The van der Waals surface area contributed by atoms with E-state index in [4.69, 9.17) is 5.73 Å². The lowest BCUT2D eigenvalue weighted by Crippen LogP contribution is -2.54. The molecule has 3 N–H and O–H groups in total. The number of nitrogens with two attached hydrogens (primary N) is 1. The average molecular weight is 463 g/mol. The monoisotopic (exact) mass is 463 g/mol. The number of nitrogens with zero attached hydrogens (tertiary/aromatic N) is 1. The van der Waals surface area contributed by atoms with E-state index >= 15 is 0 Å². The van der Waals surface area contributed by atoms with Gasteiger partial charge in [-0.25, -0.2) is 8.78 Å². The summed E-state index contributed by atoms with van der Waals surface area (Å²) in [6.07, 6.45) is -1.41. The van der Waals surface area contributed by atoms with Crippen molar-refractivity contribution in [3.8, 4) is 0 Å². The topological polar surface area (TPSA) is 92.5 Å². The van der Waals surface area contributed by atoms with Gasteiger partial charge in [-0.15, -0.1) is 0 Å². The molecule has 3 aromatic rings. The second kappa shape index (κ2) is 9.52. The van der Waals surface area contributed by atoms with Crippen molar-refractivity contribution in [3.63, 3.8) is 0 Å². The van der Waals surface area contributed by atoms with Gasteiger partial charge in [-0.05, 0) is 48.4 Å². The second-order valence-electron chi connectivity index (χ2n) is 8.19. The van der Waals surface area contributed by atoms with Crippen LogP contribution in [-0.4, -0.2) is 29.7 Å². The van der Waals surface area contributed by atoms with Crippen LogP contribution in [0.15, 0.2) is 72.8 Å². The Hall–Kier alpha value is -3.91. The standard InChI is InChI=1S/C26H23F2N3O3/c1-15(30-22(32)13-16-11-17(27)14-18(28)12-16)24(33)23-20-9-5-6-10-21(20)31(26(29)25(23)34)19-7-3-2-4-8-19/h2-12,14-15,23,26H,13,29H2,1H3,(H,30,32)/t15-,23?,26?/m0/s1. The van der Waals surface area contributed by atoms with E-state index in [9.17, 15) is 23.2 Å². The van der Waals surface area contributed by atoms with Crippen LogP contribution in [0.3, 0.4) is 0 Å². The third-order valence-electron chi connectivity index (χ3n) is 5.77. The van der Waals surface area contributed by atoms with Crippen LogP contribution in [0, 0.1) is 11.6 Å². The number of carbonyl (C=O) groups is 3. The Balaban J connectivity index is 1.57. The van der Waals surface area contributed by atoms with Gasteiger partial charge in [-0.3, -0.25) is 14.4 Å². The fourth-order valence-corrected chi connectivity index (χ4v) is 4.25. The summed E-state index contributed by atoms with van der Waals surface area (Å²) >= 11 is 0. The Bertz CT molecular complexity index is 1230. The molecule has 0 saturated heterocycles. The van der Waals surface area contributed by atoms with Crippen molar-refractivity contribution in [2.45, 2.75) is 31.5 Å². The highest BCUT2D eigenvalue weighted by molar-refractivity contribution is 6.15. The largest absolute Gasteiger partial charge is 0.346 e. The number of hydrogen-bond donors (Lipinski definition) is 2. The van der Waals surface area contributed by atoms with Crippen molar-refractivity contribution < 1.29 is 23.2 Å². The zero-order valence-electron chi connectivity index (χ0n) is 18.4. The molecule has 3 aromatic carbocycles. The van der Waals surface area contributed by atoms with E-state index in [1.165, 1.54) is 6.92 Å². The van der Waals surface area contributed by atoms with Gasteiger partial charge in [0.15, 0.2) is 11.6 Å². The number of nitrogens with one attached hydrogen (secondary N) is 1. The molecule has 8 heteroatoms. The normalized spacial score (nSPS) is 18.2. The van der Waals surface area contributed by atoms with Crippen LogP contribution in [0.2, 0.25) is 0 Å². The molecule has 1 aliphatic heterocycles. The number of ketones is 2. The van der Waals surface area contributed by atoms with Gasteiger partial charge in [-0.1, -0.05) is 36.4 Å². The molecule has 1 aliphatic rings. The molecule has 0 radical (unpaired) electrons. The summed E-state index contributed by atoms with van der Waals surface area (Å²) in [6, 6.07) is 17.9. The van der Waals surface area contributed by atoms with Crippen molar-refractivity contribution >= 4 is 28.8 Å². The molecule has 6 nitrogen and oxygen atoms in total. The van der Waals surface area contributed by atoms with Crippen molar-refractivity contribution in [2.75, 3.05) is 4.90 Å². The number of Topliss-reactive ketones (excluding diaryl/α,β-unsaturated/α-hetero) is 2. The van der Waals surface area contributed by atoms with E-state index in [1.54, 1.807) is 29.2 Å². The number of fused-ring (bicyclic) bond motifs is 1. The molecule has 0 aliphatic carbocycles. The molecule has 0 saturated carbocycles. The molecule has 0 fully saturated rings. The first kappa shape index (κ1) is 23.3. The number of anilines is 2. The lowest BCUT2D eigenvalue weighted by Gasteiger charge is -2.39. The zero-order chi connectivity index (χ0) is 24.4. The van der Waals surface area contributed by atoms with Gasteiger partial charge < -0.3 is 16.0 Å². The second-order valence-corrected chi connectivity index (χ2v) is 8.19. The van der Waals surface area contributed by atoms with E-state index in [0.717, 1.165) is 12.1 Å². The average Bonchev–Trinajstić information content (AvgIpc) is 2.79. The number of amides is 1. The number of hydrogen-bond acceptors (Lipinski definition) is 5. The summed E-state index contributed by atoms with van der Waals surface area (Å²) in [5.41, 5.74) is 8.27. The molecule has 4 rings (SSSR count). The number of halogens is 2. The Labute approximate surface area is 195 Å². The summed E-state index contributed by atoms with van der Waals surface area (Å²) in [4.78, 5) is 40.7. The molecule has 0 bridgehead atoms. The van der Waals surface area contributed by atoms with Crippen molar-refractivity contribution in [1.82, 2.24) is 5.32 Å². The molecule has 0 spiro atoms. The van der Waals surface area contributed by atoms with E-state index < -0.39 is 47.2 Å². The zero-order valence-corrected chi connectivity index (χ0v) is 18.4. The number of benzene rings is 3. The number of para-hydroxylation sites is 2. The van der Waals surface area contributed by atoms with Crippen molar-refractivity contribution in [3.05, 3.63) is 95.6 Å². The molecule has 3 atom stereocenters. The lowest BCUT2D eigenvalue weighted by molar-refractivity contribution is -0.133. The van der Waals surface area contributed by atoms with Crippen LogP contribution in [0.4, 0.5) is 20.2 Å². The van der Waals surface area contributed by atoms with Gasteiger partial charge >= 0.3 is 0 Å². The minimum atomic E-state index is -1.16. The highest BCUT2D eigenvalue weighted by Gasteiger charge is 2.43. The summed E-state index contributed by atoms with van der Waals surface area (Å²) in [5, 5.41) is 2.53. The van der Waals surface area contributed by atoms with E-state index in [1.807, 2.05) is 30.3 Å². The smallest absolute Gasteiger partial charge is 0.224 e. The van der Waals surface area contributed by atoms with Crippen LogP contribution in [-0.2, 0) is 20.8 Å². The van der Waals surface area contributed by atoms with Gasteiger partial charge in [0, 0.05) is 17.4 Å². The van der Waals surface area contributed by atoms with Gasteiger partial charge in [0.05, 0.1) is 12.5 Å². The predicted octanol–water partition coefficient (Wildman–Crippen LogP) is 3.37. The van der Waals surface area contributed by atoms with Gasteiger partial charge in [0.25, 0.3) is 0 Å². The maximum Gasteiger partial charge on any atom is 0.224 e. The van der Waals surface area contributed by atoms with Gasteiger partial charge in [0.1, 0.15) is 23.7 Å². The first-order valence-corrected chi connectivity index (χ1v) is 10.8. The first-order valence-electron chi connectivity index (χ1n) is 10.8. The van der Waals surface area contributed by atoms with E-state index in [-0.39, 0.29) is 12.0 Å². The molecule has 174 valence electrons. The van der Waals surface area contributed by atoms with Crippen LogP contribution < -0.4 is 16.0 Å². The molecule has 1 heterocycles. The Kier molecular flexibility index (Phi) is 6.51. The first-order chi connectivity index (χ1) is 16.3. The third-order valence-corrected chi connectivity index (χ3v) is 5.77. The lowest BCUT2D eigenvalue weighted by atomic mass is 9.81. The van der Waals surface area contributed by atoms with Gasteiger partial charge in [0.2, 0.25) is 5.91 Å². The van der Waals surface area contributed by atoms with Crippen molar-refractivity contribution in [1.29, 1.82) is 0 Å². The van der Waals surface area contributed by atoms with Crippen LogP contribution in [0.1, 0.15) is 24.0 Å². The molecule has 0 aromatic heterocycles. The van der Waals surface area contributed by atoms with E-state index in [2.05, 4.69) is 5.32 Å². The van der Waals surface area contributed by atoms with Crippen molar-refractivity contribution in [2.24, 2.45) is 5.73 Å². The molecule has 1 amide bonds. The Morgan fingerprint density at radius 3 is 2.29 bits per heavy atom. The summed E-state index contributed by atoms with van der Waals surface area (Å²) < 4.78 is 26.8. The quantitative estimate of drug-likeness (QED) is 0.547. The number of carbonyl (C=O) groups excluding carboxylic acids is 3. The molecule has 34 heavy (non-hydrogen) atoms. The minimum absolute atomic E-state index is 0.134. The predicted molar refractivity (Wildman–Crippen MR) is 123 cm³/mol. The van der Waals surface area contributed by atoms with Crippen LogP contribution in [0.25, 0.3) is 0 Å². The Morgan fingerprint density at radius 2 is 1.62 bits per heavy atom. The SMILES string of the molecule is C[C@H](NC(=O)Cc1cc(F)cc(F)c1)C(=O)C1C(=O)C(N)N(c2ccccc2)c2ccccc21. The fraction of sp³-hybridized carbons (Fsp3) is 0.192. The van der Waals surface area contributed by atoms with Crippen LogP contribution >= 0.6 is 0 Å².